The van der Waals surface area contributed by atoms with E-state index in [0.717, 1.165) is 37.4 Å². The maximum absolute atomic E-state index is 12.4. The van der Waals surface area contributed by atoms with Gasteiger partial charge in [0.15, 0.2) is 11.5 Å². The molecule has 1 aliphatic rings. The quantitative estimate of drug-likeness (QED) is 0.292. The lowest BCUT2D eigenvalue weighted by atomic mass is 10.1. The van der Waals surface area contributed by atoms with Crippen molar-refractivity contribution >= 4 is 64.2 Å². The minimum Gasteiger partial charge on any atom is -0.480 e. The summed E-state index contributed by atoms with van der Waals surface area (Å²) in [6.07, 6.45) is 1.35. The standard InChI is InChI=1S/C18H15NO9S2/c1-8(20)26-12-4-11(5-13(27-9(2)21)16(12)28-10(3)22)6-14-17(25)19(7-15(23)24)18(29)30-14/h4-6H,7H2,1-3H3,(H,23,24). The van der Waals surface area contributed by atoms with Crippen LogP contribution < -0.4 is 14.2 Å². The van der Waals surface area contributed by atoms with E-state index < -0.39 is 36.3 Å². The van der Waals surface area contributed by atoms with Gasteiger partial charge in [0.25, 0.3) is 5.91 Å². The molecule has 0 aliphatic carbocycles. The van der Waals surface area contributed by atoms with Crippen molar-refractivity contribution in [3.63, 3.8) is 0 Å². The van der Waals surface area contributed by atoms with Crippen LogP contribution in [-0.4, -0.2) is 50.7 Å². The van der Waals surface area contributed by atoms with Crippen LogP contribution in [-0.2, 0) is 24.0 Å². The van der Waals surface area contributed by atoms with Crippen molar-refractivity contribution in [2.45, 2.75) is 20.8 Å². The number of carboxylic acid groups (broad SMARTS) is 1. The topological polar surface area (TPSA) is 137 Å². The fourth-order valence-corrected chi connectivity index (χ4v) is 3.56. The summed E-state index contributed by atoms with van der Waals surface area (Å²) >= 11 is 5.91. The average Bonchev–Trinajstić information content (AvgIpc) is 2.83. The van der Waals surface area contributed by atoms with Gasteiger partial charge in [0, 0.05) is 20.8 Å². The third-order valence-electron chi connectivity index (χ3n) is 3.26. The van der Waals surface area contributed by atoms with Crippen molar-refractivity contribution in [2.24, 2.45) is 0 Å². The van der Waals surface area contributed by atoms with Gasteiger partial charge in [-0.3, -0.25) is 28.9 Å². The third-order valence-corrected chi connectivity index (χ3v) is 4.64. The van der Waals surface area contributed by atoms with Crippen molar-refractivity contribution in [2.75, 3.05) is 6.54 Å². The largest absolute Gasteiger partial charge is 0.480 e. The lowest BCUT2D eigenvalue weighted by molar-refractivity contribution is -0.140. The van der Waals surface area contributed by atoms with E-state index in [9.17, 15) is 24.0 Å². The zero-order chi connectivity index (χ0) is 22.6. The van der Waals surface area contributed by atoms with Gasteiger partial charge in [-0.1, -0.05) is 24.0 Å². The first-order valence-corrected chi connectivity index (χ1v) is 9.41. The molecule has 0 saturated carbocycles. The van der Waals surface area contributed by atoms with E-state index in [1.165, 1.54) is 18.2 Å². The number of hydrogen-bond donors (Lipinski definition) is 1. The van der Waals surface area contributed by atoms with Gasteiger partial charge in [0.2, 0.25) is 5.75 Å². The number of thioether (sulfide) groups is 1. The van der Waals surface area contributed by atoms with Crippen molar-refractivity contribution in [1.29, 1.82) is 0 Å². The Morgan fingerprint density at radius 3 is 1.97 bits per heavy atom. The van der Waals surface area contributed by atoms with E-state index in [0.29, 0.717) is 0 Å². The lowest BCUT2D eigenvalue weighted by Crippen LogP contribution is -2.33. The molecule has 0 aromatic heterocycles. The van der Waals surface area contributed by atoms with Crippen molar-refractivity contribution in [3.8, 4) is 17.2 Å². The SMILES string of the molecule is CC(=O)Oc1cc(C=C2SC(=S)N(CC(=O)O)C2=O)cc(OC(C)=O)c1OC(C)=O. The molecule has 10 nitrogen and oxygen atoms in total. The summed E-state index contributed by atoms with van der Waals surface area (Å²) in [5.41, 5.74) is 0.245. The zero-order valence-electron chi connectivity index (χ0n) is 15.9. The van der Waals surface area contributed by atoms with Gasteiger partial charge >= 0.3 is 23.9 Å². The molecule has 1 heterocycles. The van der Waals surface area contributed by atoms with Gasteiger partial charge < -0.3 is 19.3 Å². The van der Waals surface area contributed by atoms with Crippen molar-refractivity contribution in [3.05, 3.63) is 22.6 Å². The lowest BCUT2D eigenvalue weighted by Gasteiger charge is -2.14. The summed E-state index contributed by atoms with van der Waals surface area (Å²) in [4.78, 5) is 58.7. The molecule has 1 aliphatic heterocycles. The molecule has 1 amide bonds. The highest BCUT2D eigenvalue weighted by Gasteiger charge is 2.33. The fourth-order valence-electron chi connectivity index (χ4n) is 2.31. The summed E-state index contributed by atoms with van der Waals surface area (Å²) in [6.45, 7) is 2.75. The molecule has 0 spiro atoms. The molecule has 1 fully saturated rings. The molecular weight excluding hydrogens is 438 g/mol. The minimum atomic E-state index is -1.23. The second-order valence-corrected chi connectivity index (χ2v) is 7.46. The molecule has 1 saturated heterocycles. The number of esters is 3. The molecule has 30 heavy (non-hydrogen) atoms. The average molecular weight is 453 g/mol. The molecule has 0 unspecified atom stereocenters. The number of hydrogen-bond acceptors (Lipinski definition) is 10. The first-order chi connectivity index (χ1) is 14.0. The normalized spacial score (nSPS) is 14.6. The van der Waals surface area contributed by atoms with Gasteiger partial charge in [-0.05, 0) is 23.8 Å². The number of carbonyl (C=O) groups excluding carboxylic acids is 4. The fraction of sp³-hybridized carbons (Fsp3) is 0.222. The maximum Gasteiger partial charge on any atom is 0.323 e. The monoisotopic (exact) mass is 453 g/mol. The predicted molar refractivity (Wildman–Crippen MR) is 108 cm³/mol. The Bertz CT molecular complexity index is 962. The summed E-state index contributed by atoms with van der Waals surface area (Å²) in [6, 6.07) is 2.58. The molecule has 0 bridgehead atoms. The number of rotatable bonds is 6. The van der Waals surface area contributed by atoms with Gasteiger partial charge in [0.05, 0.1) is 4.91 Å². The van der Waals surface area contributed by atoms with E-state index in [2.05, 4.69) is 0 Å². The van der Waals surface area contributed by atoms with Crippen LogP contribution in [0.5, 0.6) is 17.2 Å². The van der Waals surface area contributed by atoms with Crippen LogP contribution >= 0.6 is 24.0 Å². The van der Waals surface area contributed by atoms with Crippen LogP contribution in [0, 0.1) is 0 Å². The molecule has 12 heteroatoms. The smallest absolute Gasteiger partial charge is 0.323 e. The van der Waals surface area contributed by atoms with E-state index in [1.54, 1.807) is 0 Å². The van der Waals surface area contributed by atoms with E-state index in [1.807, 2.05) is 0 Å². The number of thiocarbonyl (C=S) groups is 1. The van der Waals surface area contributed by atoms with Crippen LogP contribution in [0.1, 0.15) is 26.3 Å². The Morgan fingerprint density at radius 2 is 1.53 bits per heavy atom. The zero-order valence-corrected chi connectivity index (χ0v) is 17.5. The Hall–Kier alpha value is -3.25. The number of ether oxygens (including phenoxy) is 3. The van der Waals surface area contributed by atoms with E-state index >= 15 is 0 Å². The number of aliphatic carboxylic acids is 1. The Labute approximate surface area is 179 Å². The van der Waals surface area contributed by atoms with Crippen LogP contribution in [0.4, 0.5) is 0 Å². The van der Waals surface area contributed by atoms with Gasteiger partial charge in [0.1, 0.15) is 10.9 Å². The number of carbonyl (C=O) groups is 5. The summed E-state index contributed by atoms with van der Waals surface area (Å²) in [7, 11) is 0. The van der Waals surface area contributed by atoms with Crippen LogP contribution in [0.3, 0.4) is 0 Å². The van der Waals surface area contributed by atoms with E-state index in [-0.39, 0.29) is 32.0 Å². The van der Waals surface area contributed by atoms with Crippen molar-refractivity contribution in [1.82, 2.24) is 4.90 Å². The maximum atomic E-state index is 12.4. The molecular formula is C18H15NO9S2. The van der Waals surface area contributed by atoms with Crippen molar-refractivity contribution < 1.29 is 43.3 Å². The molecule has 0 radical (unpaired) electrons. The Kier molecular flexibility index (Phi) is 7.29. The van der Waals surface area contributed by atoms with E-state index in [4.69, 9.17) is 31.5 Å². The number of carboxylic acids is 1. The van der Waals surface area contributed by atoms with Gasteiger partial charge in [-0.2, -0.15) is 0 Å². The molecule has 1 aromatic rings. The number of benzene rings is 1. The molecule has 1 N–H and O–H groups in total. The molecule has 2 rings (SSSR count). The first kappa shape index (κ1) is 23.0. The second-order valence-electron chi connectivity index (χ2n) is 5.79. The van der Waals surface area contributed by atoms with Gasteiger partial charge in [-0.25, -0.2) is 0 Å². The second kappa shape index (κ2) is 9.50. The van der Waals surface area contributed by atoms with Crippen LogP contribution in [0.15, 0.2) is 17.0 Å². The predicted octanol–water partition coefficient (Wildman–Crippen LogP) is 1.75. The van der Waals surface area contributed by atoms with Gasteiger partial charge in [-0.15, -0.1) is 0 Å². The summed E-state index contributed by atoms with van der Waals surface area (Å²) in [5.74, 6) is -4.80. The highest BCUT2D eigenvalue weighted by molar-refractivity contribution is 8.26. The highest BCUT2D eigenvalue weighted by Crippen LogP contribution is 2.41. The molecule has 1 aromatic carbocycles. The minimum absolute atomic E-state index is 0.0607. The summed E-state index contributed by atoms with van der Waals surface area (Å²) in [5, 5.41) is 8.91. The first-order valence-electron chi connectivity index (χ1n) is 8.18. The molecule has 0 atom stereocenters. The third kappa shape index (κ3) is 5.87. The highest BCUT2D eigenvalue weighted by atomic mass is 32.2. The Morgan fingerprint density at radius 1 is 1.03 bits per heavy atom. The van der Waals surface area contributed by atoms with Crippen LogP contribution in [0.25, 0.3) is 6.08 Å². The number of amides is 1. The van der Waals surface area contributed by atoms with Crippen LogP contribution in [0.2, 0.25) is 0 Å². The molecule has 158 valence electrons. The Balaban J connectivity index is 2.55. The number of nitrogens with zero attached hydrogens (tertiary/aromatic N) is 1. The summed E-state index contributed by atoms with van der Waals surface area (Å²) < 4.78 is 15.2.